The van der Waals surface area contributed by atoms with Crippen molar-refractivity contribution in [1.82, 2.24) is 0 Å². The van der Waals surface area contributed by atoms with Gasteiger partial charge in [0.15, 0.2) is 5.78 Å². The molecule has 2 rings (SSSR count). The maximum absolute atomic E-state index is 12.1. The van der Waals surface area contributed by atoms with Gasteiger partial charge in [-0.15, -0.1) is 0 Å². The average Bonchev–Trinajstić information content (AvgIpc) is 2.37. The number of carbonyl (C=O) groups is 3. The number of hydrogen-bond acceptors (Lipinski definition) is 3. The number of primary amides is 1. The molecule has 5 nitrogen and oxygen atoms in total. The van der Waals surface area contributed by atoms with Gasteiger partial charge in [-0.2, -0.15) is 0 Å². The van der Waals surface area contributed by atoms with Crippen LogP contribution in [0.15, 0.2) is 35.9 Å². The van der Waals surface area contributed by atoms with E-state index in [1.807, 2.05) is 0 Å². The zero-order chi connectivity index (χ0) is 15.7. The van der Waals surface area contributed by atoms with Gasteiger partial charge in [-0.05, 0) is 30.7 Å². The van der Waals surface area contributed by atoms with Crippen LogP contribution in [0.1, 0.15) is 18.4 Å². The number of allylic oxidation sites excluding steroid dienone is 1. The maximum Gasteiger partial charge on any atom is 0.311 e. The van der Waals surface area contributed by atoms with Crippen molar-refractivity contribution in [3.8, 4) is 0 Å². The molecule has 0 saturated carbocycles. The summed E-state index contributed by atoms with van der Waals surface area (Å²) >= 11 is 5.82. The Morgan fingerprint density at radius 2 is 1.76 bits per heavy atom. The van der Waals surface area contributed by atoms with Gasteiger partial charge in [0.25, 0.3) is 0 Å². The molecule has 3 atom stereocenters. The van der Waals surface area contributed by atoms with E-state index in [1.165, 1.54) is 6.08 Å². The Morgan fingerprint density at radius 1 is 1.19 bits per heavy atom. The van der Waals surface area contributed by atoms with E-state index in [1.54, 1.807) is 31.2 Å². The highest BCUT2D eigenvalue weighted by atomic mass is 35.5. The smallest absolute Gasteiger partial charge is 0.311 e. The Bertz CT molecular complexity index is 636. The summed E-state index contributed by atoms with van der Waals surface area (Å²) in [5, 5.41) is 9.93. The van der Waals surface area contributed by atoms with Crippen LogP contribution in [0, 0.1) is 11.8 Å². The number of benzene rings is 1. The Kier molecular flexibility index (Phi) is 4.14. The van der Waals surface area contributed by atoms with Gasteiger partial charge >= 0.3 is 5.97 Å². The molecular formula is C15H14ClNO4. The highest BCUT2D eigenvalue weighted by Crippen LogP contribution is 2.41. The van der Waals surface area contributed by atoms with Crippen LogP contribution in [0.25, 0.3) is 0 Å². The fourth-order valence-electron chi connectivity index (χ4n) is 2.79. The third-order valence-corrected chi connectivity index (χ3v) is 3.96. The largest absolute Gasteiger partial charge is 0.481 e. The van der Waals surface area contributed by atoms with Crippen LogP contribution in [0.4, 0.5) is 0 Å². The van der Waals surface area contributed by atoms with E-state index < -0.39 is 35.4 Å². The van der Waals surface area contributed by atoms with Crippen LogP contribution >= 0.6 is 11.6 Å². The van der Waals surface area contributed by atoms with Crippen molar-refractivity contribution in [3.05, 3.63) is 46.5 Å². The minimum Gasteiger partial charge on any atom is -0.481 e. The zero-order valence-corrected chi connectivity index (χ0v) is 12.0. The Hall–Kier alpha value is -2.14. The number of amides is 1. The lowest BCUT2D eigenvalue weighted by Gasteiger charge is -2.33. The predicted molar refractivity (Wildman–Crippen MR) is 76.8 cm³/mol. The summed E-state index contributed by atoms with van der Waals surface area (Å²) < 4.78 is 0. The van der Waals surface area contributed by atoms with Gasteiger partial charge in [0, 0.05) is 10.9 Å². The van der Waals surface area contributed by atoms with Crippen molar-refractivity contribution in [3.63, 3.8) is 0 Å². The molecule has 0 spiro atoms. The van der Waals surface area contributed by atoms with E-state index in [-0.39, 0.29) is 0 Å². The fourth-order valence-corrected chi connectivity index (χ4v) is 2.92. The second-order valence-electron chi connectivity index (χ2n) is 5.06. The van der Waals surface area contributed by atoms with Crippen molar-refractivity contribution in [2.45, 2.75) is 12.8 Å². The first-order valence-corrected chi connectivity index (χ1v) is 6.70. The molecule has 21 heavy (non-hydrogen) atoms. The maximum atomic E-state index is 12.1. The van der Waals surface area contributed by atoms with Gasteiger partial charge in [0.2, 0.25) is 5.91 Å². The van der Waals surface area contributed by atoms with Crippen LogP contribution in [0.5, 0.6) is 0 Å². The van der Waals surface area contributed by atoms with E-state index in [2.05, 4.69) is 0 Å². The van der Waals surface area contributed by atoms with E-state index >= 15 is 0 Å². The number of carbonyl (C=O) groups excluding carboxylic acids is 2. The molecule has 0 saturated heterocycles. The quantitative estimate of drug-likeness (QED) is 0.831. The molecule has 0 bridgehead atoms. The first-order valence-electron chi connectivity index (χ1n) is 6.32. The van der Waals surface area contributed by atoms with E-state index in [4.69, 9.17) is 17.3 Å². The van der Waals surface area contributed by atoms with Gasteiger partial charge < -0.3 is 10.8 Å². The number of carboxylic acid groups (broad SMARTS) is 1. The summed E-state index contributed by atoms with van der Waals surface area (Å²) in [6.45, 7) is 1.57. The van der Waals surface area contributed by atoms with Gasteiger partial charge in [-0.3, -0.25) is 14.4 Å². The molecule has 1 aromatic rings. The lowest BCUT2D eigenvalue weighted by molar-refractivity contribution is -0.143. The van der Waals surface area contributed by atoms with Crippen LogP contribution in [0.3, 0.4) is 0 Å². The van der Waals surface area contributed by atoms with Crippen molar-refractivity contribution in [2.75, 3.05) is 0 Å². The number of ketones is 1. The summed E-state index contributed by atoms with van der Waals surface area (Å²) in [4.78, 5) is 35.3. The summed E-state index contributed by atoms with van der Waals surface area (Å²) in [7, 11) is 0. The topological polar surface area (TPSA) is 97.5 Å². The standard InChI is InChI=1S/C15H14ClNO4/c1-7-6-10(18)13(14(17)19)12(11(7)15(20)21)8-2-4-9(16)5-3-8/h2-6,11-13H,1H3,(H2,17,19)(H,20,21). The Morgan fingerprint density at radius 3 is 2.24 bits per heavy atom. The van der Waals surface area contributed by atoms with Crippen LogP contribution in [0.2, 0.25) is 5.02 Å². The molecule has 3 unspecified atom stereocenters. The third kappa shape index (κ3) is 2.83. The lowest BCUT2D eigenvalue weighted by Crippen LogP contribution is -2.43. The molecule has 1 aliphatic rings. The summed E-state index contributed by atoms with van der Waals surface area (Å²) in [5.41, 5.74) is 6.27. The first-order chi connectivity index (χ1) is 9.82. The third-order valence-electron chi connectivity index (χ3n) is 3.71. The number of nitrogens with two attached hydrogens (primary N) is 1. The summed E-state index contributed by atoms with van der Waals surface area (Å²) in [6.07, 6.45) is 1.20. The molecule has 0 heterocycles. The van der Waals surface area contributed by atoms with Gasteiger partial charge in [-0.1, -0.05) is 29.3 Å². The van der Waals surface area contributed by atoms with Gasteiger partial charge in [0.1, 0.15) is 5.92 Å². The highest BCUT2D eigenvalue weighted by molar-refractivity contribution is 6.30. The second-order valence-corrected chi connectivity index (χ2v) is 5.50. The molecule has 1 aliphatic carbocycles. The van der Waals surface area contributed by atoms with Crippen molar-refractivity contribution < 1.29 is 19.5 Å². The van der Waals surface area contributed by atoms with E-state index in [0.29, 0.717) is 16.2 Å². The van der Waals surface area contributed by atoms with E-state index in [9.17, 15) is 19.5 Å². The SMILES string of the molecule is CC1=CC(=O)C(C(N)=O)C(c2ccc(Cl)cc2)C1C(=O)O. The predicted octanol–water partition coefficient (Wildman–Crippen LogP) is 1.75. The molecule has 1 amide bonds. The minimum atomic E-state index is -1.18. The fraction of sp³-hybridized carbons (Fsp3) is 0.267. The number of aliphatic carboxylic acids is 1. The summed E-state index contributed by atoms with van der Waals surface area (Å²) in [5.74, 6) is -5.36. The molecule has 0 aliphatic heterocycles. The highest BCUT2D eigenvalue weighted by Gasteiger charge is 2.45. The summed E-state index contributed by atoms with van der Waals surface area (Å²) in [6, 6.07) is 6.41. The number of hydrogen-bond donors (Lipinski definition) is 2. The zero-order valence-electron chi connectivity index (χ0n) is 11.2. The molecule has 0 fully saturated rings. The van der Waals surface area contributed by atoms with Crippen LogP contribution < -0.4 is 5.73 Å². The molecule has 110 valence electrons. The number of halogens is 1. The van der Waals surface area contributed by atoms with Crippen molar-refractivity contribution >= 4 is 29.3 Å². The van der Waals surface area contributed by atoms with Gasteiger partial charge in [0.05, 0.1) is 5.92 Å². The lowest BCUT2D eigenvalue weighted by atomic mass is 9.68. The number of rotatable bonds is 3. The molecule has 0 radical (unpaired) electrons. The molecule has 3 N–H and O–H groups in total. The Labute approximate surface area is 126 Å². The molecule has 0 aromatic heterocycles. The average molecular weight is 308 g/mol. The van der Waals surface area contributed by atoms with Crippen molar-refractivity contribution in [2.24, 2.45) is 17.6 Å². The second kappa shape index (κ2) is 5.69. The monoisotopic (exact) mass is 307 g/mol. The number of carboxylic acids is 1. The van der Waals surface area contributed by atoms with Crippen LogP contribution in [-0.2, 0) is 14.4 Å². The molecular weight excluding hydrogens is 294 g/mol. The van der Waals surface area contributed by atoms with Crippen molar-refractivity contribution in [1.29, 1.82) is 0 Å². The first kappa shape index (κ1) is 15.3. The minimum absolute atomic E-state index is 0.407. The van der Waals surface area contributed by atoms with E-state index in [0.717, 1.165) is 0 Å². The normalized spacial score (nSPS) is 25.3. The van der Waals surface area contributed by atoms with Crippen LogP contribution in [-0.4, -0.2) is 22.8 Å². The van der Waals surface area contributed by atoms with Gasteiger partial charge in [-0.25, -0.2) is 0 Å². The molecule has 1 aromatic carbocycles. The Balaban J connectivity index is 2.60. The molecule has 6 heteroatoms.